The summed E-state index contributed by atoms with van der Waals surface area (Å²) in [6, 6.07) is 0. The first-order valence-electron chi connectivity index (χ1n) is 35.8. The van der Waals surface area contributed by atoms with Gasteiger partial charge in [0.2, 0.25) is 0 Å². The number of aliphatic hydroxyl groups is 1. The van der Waals surface area contributed by atoms with Crippen molar-refractivity contribution in [1.82, 2.24) is 0 Å². The number of ether oxygens (including phenoxy) is 4. The molecule has 0 radical (unpaired) electrons. The van der Waals surface area contributed by atoms with Gasteiger partial charge in [-0.3, -0.25) is 37.3 Å². The number of carbonyl (C=O) groups is 4. The SMILES string of the molecule is CC/C=C\C/C=C\C/C=C\C/C=C\C/C=C\CCCC(=O)OCC(COP(=O)(O)OCC(O)COP(=O)(O)OCC(COC(=O)CCCCCCCCCCCCC)OC(=O)CCCCCCCCCCCCC)OC(=O)CCCCCCC/C=C\C/C=C\CCC. The quantitative estimate of drug-likeness (QED) is 0.0169. The number of rotatable bonds is 67. The predicted octanol–water partition coefficient (Wildman–Crippen LogP) is 19.9. The standard InChI is InChI=1S/C73H128O17P2/c1-5-9-13-17-21-25-29-31-32-33-34-36-39-42-46-50-54-58-71(76)84-64-69(90-73(78)60-56-52-48-44-40-35-30-26-22-18-14-10-6-2)66-88-92(81,82)86-62-67(74)61-85-91(79,80)87-65-68(89-72(77)59-55-51-47-43-38-28-24-20-16-12-8-4)63-83-70(75)57-53-49-45-41-37-27-23-19-15-11-7-3/h9,13-14,18,21,25-26,30-32,34,36,42,46,67-69,74H,5-8,10-12,15-17,19-20,22-24,27-29,33,35,37-41,43-45,47-66H2,1-4H3,(H,79,80)(H,81,82)/b13-9-,18-14-,25-21-,30-26-,32-31-,36-34-,46-42-. The maximum absolute atomic E-state index is 13.0. The molecule has 0 aliphatic carbocycles. The Bertz CT molecular complexity index is 2090. The molecule has 0 aliphatic rings. The lowest BCUT2D eigenvalue weighted by Gasteiger charge is -2.21. The fourth-order valence-corrected chi connectivity index (χ4v) is 11.0. The summed E-state index contributed by atoms with van der Waals surface area (Å²) >= 11 is 0. The maximum atomic E-state index is 13.0. The van der Waals surface area contributed by atoms with Crippen molar-refractivity contribution in [2.75, 3.05) is 39.6 Å². The molecular weight excluding hydrogens is 1210 g/mol. The zero-order valence-electron chi connectivity index (χ0n) is 57.7. The van der Waals surface area contributed by atoms with Crippen LogP contribution in [0.25, 0.3) is 0 Å². The van der Waals surface area contributed by atoms with Crippen molar-refractivity contribution in [2.45, 2.75) is 316 Å². The van der Waals surface area contributed by atoms with Crippen molar-refractivity contribution in [3.05, 3.63) is 85.1 Å². The van der Waals surface area contributed by atoms with Crippen LogP contribution in [0.1, 0.15) is 297 Å². The molecule has 0 heterocycles. The van der Waals surface area contributed by atoms with Crippen LogP contribution in [0, 0.1) is 0 Å². The molecule has 5 unspecified atom stereocenters. The lowest BCUT2D eigenvalue weighted by atomic mass is 10.1. The number of aliphatic hydroxyl groups excluding tert-OH is 1. The average Bonchev–Trinajstić information content (AvgIpc) is 2.89. The molecule has 532 valence electrons. The Balaban J connectivity index is 5.36. The van der Waals surface area contributed by atoms with Gasteiger partial charge in [-0.2, -0.15) is 0 Å². The molecule has 0 aromatic carbocycles. The third-order valence-corrected chi connectivity index (χ3v) is 16.8. The largest absolute Gasteiger partial charge is 0.472 e. The summed E-state index contributed by atoms with van der Waals surface area (Å²) in [5, 5.41) is 10.6. The monoisotopic (exact) mass is 1340 g/mol. The van der Waals surface area contributed by atoms with Crippen LogP contribution >= 0.6 is 15.6 Å². The molecule has 0 amide bonds. The van der Waals surface area contributed by atoms with E-state index in [0.717, 1.165) is 128 Å². The minimum absolute atomic E-state index is 0.0673. The second-order valence-electron chi connectivity index (χ2n) is 23.8. The molecule has 0 saturated heterocycles. The van der Waals surface area contributed by atoms with Gasteiger partial charge in [-0.1, -0.05) is 267 Å². The molecular formula is C73H128O17P2. The summed E-state index contributed by atoms with van der Waals surface area (Å²) in [5.74, 6) is -2.24. The smallest absolute Gasteiger partial charge is 0.462 e. The van der Waals surface area contributed by atoms with Crippen molar-refractivity contribution in [3.8, 4) is 0 Å². The Hall–Kier alpha value is -3.76. The predicted molar refractivity (Wildman–Crippen MR) is 372 cm³/mol. The molecule has 0 aromatic heterocycles. The average molecular weight is 1340 g/mol. The van der Waals surface area contributed by atoms with Crippen molar-refractivity contribution < 1.29 is 80.2 Å². The van der Waals surface area contributed by atoms with Crippen molar-refractivity contribution in [1.29, 1.82) is 0 Å². The first kappa shape index (κ1) is 88.2. The molecule has 0 spiro atoms. The van der Waals surface area contributed by atoms with Crippen molar-refractivity contribution >= 4 is 39.5 Å². The molecule has 19 heteroatoms. The van der Waals surface area contributed by atoms with Crippen molar-refractivity contribution in [2.24, 2.45) is 0 Å². The number of hydrogen-bond acceptors (Lipinski definition) is 15. The summed E-state index contributed by atoms with van der Waals surface area (Å²) < 4.78 is 68.2. The van der Waals surface area contributed by atoms with E-state index in [1.807, 2.05) is 12.2 Å². The molecule has 0 aliphatic heterocycles. The third kappa shape index (κ3) is 64.9. The molecule has 0 rings (SSSR count). The second-order valence-corrected chi connectivity index (χ2v) is 26.7. The highest BCUT2D eigenvalue weighted by Gasteiger charge is 2.30. The van der Waals surface area contributed by atoms with Crippen LogP contribution in [-0.2, 0) is 65.4 Å². The van der Waals surface area contributed by atoms with Crippen LogP contribution in [0.15, 0.2) is 85.1 Å². The summed E-state index contributed by atoms with van der Waals surface area (Å²) in [6.45, 7) is 4.60. The fourth-order valence-electron chi connectivity index (χ4n) is 9.41. The zero-order valence-corrected chi connectivity index (χ0v) is 59.5. The molecule has 17 nitrogen and oxygen atoms in total. The Morgan fingerprint density at radius 1 is 0.315 bits per heavy atom. The van der Waals surface area contributed by atoms with Gasteiger partial charge < -0.3 is 33.8 Å². The van der Waals surface area contributed by atoms with Gasteiger partial charge in [0, 0.05) is 25.7 Å². The highest BCUT2D eigenvalue weighted by molar-refractivity contribution is 7.47. The fraction of sp³-hybridized carbons (Fsp3) is 0.753. The van der Waals surface area contributed by atoms with Crippen LogP contribution in [0.2, 0.25) is 0 Å². The summed E-state index contributed by atoms with van der Waals surface area (Å²) in [7, 11) is -9.94. The van der Waals surface area contributed by atoms with Gasteiger partial charge in [0.05, 0.1) is 26.4 Å². The lowest BCUT2D eigenvalue weighted by Crippen LogP contribution is -2.30. The first-order chi connectivity index (χ1) is 44.7. The number of allylic oxidation sites excluding steroid dienone is 14. The Morgan fingerprint density at radius 3 is 0.957 bits per heavy atom. The summed E-state index contributed by atoms with van der Waals surface area (Å²) in [5.41, 5.74) is 0. The Morgan fingerprint density at radius 2 is 0.598 bits per heavy atom. The zero-order chi connectivity index (χ0) is 67.5. The van der Waals surface area contributed by atoms with Crippen LogP contribution in [0.3, 0.4) is 0 Å². The third-order valence-electron chi connectivity index (χ3n) is 14.9. The highest BCUT2D eigenvalue weighted by atomic mass is 31.2. The lowest BCUT2D eigenvalue weighted by molar-refractivity contribution is -0.161. The highest BCUT2D eigenvalue weighted by Crippen LogP contribution is 2.45. The Kier molecular flexibility index (Phi) is 63.2. The first-order valence-corrected chi connectivity index (χ1v) is 38.8. The van der Waals surface area contributed by atoms with E-state index in [1.165, 1.54) is 83.5 Å². The summed E-state index contributed by atoms with van der Waals surface area (Å²) in [4.78, 5) is 72.5. The molecule has 0 fully saturated rings. The van der Waals surface area contributed by atoms with E-state index in [9.17, 15) is 43.2 Å². The molecule has 0 saturated carbocycles. The van der Waals surface area contributed by atoms with E-state index in [2.05, 4.69) is 101 Å². The molecule has 0 aromatic rings. The number of phosphoric ester groups is 2. The van der Waals surface area contributed by atoms with E-state index < -0.39 is 97.5 Å². The number of carbonyl (C=O) groups excluding carboxylic acids is 4. The van der Waals surface area contributed by atoms with Crippen LogP contribution in [-0.4, -0.2) is 96.7 Å². The molecule has 5 atom stereocenters. The maximum Gasteiger partial charge on any atom is 0.472 e. The van der Waals surface area contributed by atoms with Crippen LogP contribution in [0.5, 0.6) is 0 Å². The molecule has 3 N–H and O–H groups in total. The van der Waals surface area contributed by atoms with E-state index in [1.54, 1.807) is 0 Å². The van der Waals surface area contributed by atoms with Gasteiger partial charge in [-0.05, 0) is 89.9 Å². The Labute approximate surface area is 557 Å². The van der Waals surface area contributed by atoms with Crippen LogP contribution < -0.4 is 0 Å². The number of hydrogen-bond donors (Lipinski definition) is 3. The van der Waals surface area contributed by atoms with Gasteiger partial charge in [0.1, 0.15) is 19.3 Å². The van der Waals surface area contributed by atoms with E-state index >= 15 is 0 Å². The number of unbranched alkanes of at least 4 members (excludes halogenated alkanes) is 27. The summed E-state index contributed by atoms with van der Waals surface area (Å²) in [6.07, 6.45) is 64.6. The van der Waals surface area contributed by atoms with Gasteiger partial charge in [0.25, 0.3) is 0 Å². The molecule has 0 bridgehead atoms. The topological polar surface area (TPSA) is 237 Å². The number of phosphoric acid groups is 2. The van der Waals surface area contributed by atoms with Gasteiger partial charge >= 0.3 is 39.5 Å². The normalized spacial score (nSPS) is 14.6. The van der Waals surface area contributed by atoms with Gasteiger partial charge in [0.15, 0.2) is 12.2 Å². The second kappa shape index (κ2) is 65.9. The van der Waals surface area contributed by atoms with Gasteiger partial charge in [-0.15, -0.1) is 0 Å². The minimum atomic E-state index is -4.98. The van der Waals surface area contributed by atoms with Crippen LogP contribution in [0.4, 0.5) is 0 Å². The number of esters is 4. The van der Waals surface area contributed by atoms with E-state index in [-0.39, 0.29) is 25.7 Å². The van der Waals surface area contributed by atoms with E-state index in [4.69, 9.17) is 37.0 Å². The minimum Gasteiger partial charge on any atom is -0.462 e. The van der Waals surface area contributed by atoms with E-state index in [0.29, 0.717) is 32.1 Å². The molecule has 92 heavy (non-hydrogen) atoms. The van der Waals surface area contributed by atoms with Crippen molar-refractivity contribution in [3.63, 3.8) is 0 Å². The van der Waals surface area contributed by atoms with Gasteiger partial charge in [-0.25, -0.2) is 9.13 Å².